The summed E-state index contributed by atoms with van der Waals surface area (Å²) in [4.78, 5) is 6.37. The molecule has 2 aromatic rings. The standard InChI is InChI=1S/C17H20F2N4O2/c1-9-11(16(25)14-5-10(8-24)22(2)21-14)3-4-15(20-9)23-6-12-13(7-23)17(12,18)19/h3-5,12-13,16,24-25H,6-8H2,1-2H3. The first-order valence-corrected chi connectivity index (χ1v) is 8.25. The van der Waals surface area contributed by atoms with Crippen LogP contribution in [0.2, 0.25) is 0 Å². The zero-order chi connectivity index (χ0) is 17.9. The Bertz CT molecular complexity index is 809. The highest BCUT2D eigenvalue weighted by atomic mass is 19.3. The van der Waals surface area contributed by atoms with E-state index in [2.05, 4.69) is 10.1 Å². The highest BCUT2D eigenvalue weighted by Crippen LogP contribution is 2.59. The summed E-state index contributed by atoms with van der Waals surface area (Å²) in [5.74, 6) is -2.95. The predicted octanol–water partition coefficient (Wildman–Crippen LogP) is 1.40. The minimum atomic E-state index is -2.51. The van der Waals surface area contributed by atoms with Crippen molar-refractivity contribution >= 4 is 5.82 Å². The number of piperidine rings is 1. The molecular formula is C17H20F2N4O2. The van der Waals surface area contributed by atoms with E-state index in [4.69, 9.17) is 0 Å². The molecular weight excluding hydrogens is 330 g/mol. The van der Waals surface area contributed by atoms with E-state index in [-0.39, 0.29) is 6.61 Å². The number of hydrogen-bond donors (Lipinski definition) is 2. The molecule has 0 amide bonds. The summed E-state index contributed by atoms with van der Waals surface area (Å²) in [6, 6.07) is 5.16. The highest BCUT2D eigenvalue weighted by molar-refractivity contribution is 5.46. The lowest BCUT2D eigenvalue weighted by molar-refractivity contribution is 0.0797. The van der Waals surface area contributed by atoms with E-state index in [0.29, 0.717) is 41.6 Å². The molecule has 6 nitrogen and oxygen atoms in total. The number of aliphatic hydroxyl groups is 2. The Morgan fingerprint density at radius 1 is 1.32 bits per heavy atom. The average molecular weight is 350 g/mol. The van der Waals surface area contributed by atoms with E-state index < -0.39 is 23.9 Å². The number of hydrogen-bond acceptors (Lipinski definition) is 5. The Labute approximate surface area is 143 Å². The number of fused-ring (bicyclic) bond motifs is 1. The first kappa shape index (κ1) is 16.4. The van der Waals surface area contributed by atoms with Gasteiger partial charge in [0.05, 0.1) is 29.8 Å². The molecule has 3 heterocycles. The molecule has 134 valence electrons. The van der Waals surface area contributed by atoms with E-state index in [1.54, 1.807) is 32.2 Å². The minimum Gasteiger partial charge on any atom is -0.390 e. The van der Waals surface area contributed by atoms with Crippen molar-refractivity contribution in [3.05, 3.63) is 40.8 Å². The molecule has 1 saturated heterocycles. The molecule has 0 aromatic carbocycles. The van der Waals surface area contributed by atoms with Crippen LogP contribution in [0.15, 0.2) is 18.2 Å². The van der Waals surface area contributed by atoms with Crippen molar-refractivity contribution < 1.29 is 19.0 Å². The molecule has 4 rings (SSSR count). The molecule has 0 radical (unpaired) electrons. The van der Waals surface area contributed by atoms with Gasteiger partial charge in [-0.25, -0.2) is 13.8 Å². The third kappa shape index (κ3) is 2.51. The van der Waals surface area contributed by atoms with E-state index in [0.717, 1.165) is 0 Å². The molecule has 2 N–H and O–H groups in total. The molecule has 25 heavy (non-hydrogen) atoms. The van der Waals surface area contributed by atoms with Gasteiger partial charge in [0.2, 0.25) is 0 Å². The van der Waals surface area contributed by atoms with Gasteiger partial charge in [-0.05, 0) is 19.1 Å². The summed E-state index contributed by atoms with van der Waals surface area (Å²) in [6.45, 7) is 2.27. The smallest absolute Gasteiger partial charge is 0.258 e. The summed E-state index contributed by atoms with van der Waals surface area (Å²) in [5.41, 5.74) is 2.29. The van der Waals surface area contributed by atoms with Crippen LogP contribution in [-0.2, 0) is 13.7 Å². The molecule has 1 aliphatic heterocycles. The first-order valence-electron chi connectivity index (χ1n) is 8.25. The zero-order valence-electron chi connectivity index (χ0n) is 14.0. The Balaban J connectivity index is 1.54. The normalized spacial score (nSPS) is 25.1. The van der Waals surface area contributed by atoms with Gasteiger partial charge in [-0.3, -0.25) is 4.68 Å². The van der Waals surface area contributed by atoms with Crippen molar-refractivity contribution in [2.24, 2.45) is 18.9 Å². The van der Waals surface area contributed by atoms with Gasteiger partial charge in [0.15, 0.2) is 0 Å². The largest absolute Gasteiger partial charge is 0.390 e. The second-order valence-electron chi connectivity index (χ2n) is 6.88. The van der Waals surface area contributed by atoms with Crippen LogP contribution in [0.3, 0.4) is 0 Å². The minimum absolute atomic E-state index is 0.158. The number of aliphatic hydroxyl groups excluding tert-OH is 2. The second-order valence-corrected chi connectivity index (χ2v) is 6.88. The number of anilines is 1. The summed E-state index contributed by atoms with van der Waals surface area (Å²) in [6.07, 6.45) is -0.954. The van der Waals surface area contributed by atoms with Crippen LogP contribution in [0.1, 0.15) is 28.7 Å². The first-order chi connectivity index (χ1) is 11.8. The number of alkyl halides is 2. The third-order valence-corrected chi connectivity index (χ3v) is 5.37. The molecule has 1 saturated carbocycles. The molecule has 0 spiro atoms. The zero-order valence-corrected chi connectivity index (χ0v) is 14.0. The number of rotatable bonds is 4. The van der Waals surface area contributed by atoms with Crippen LogP contribution < -0.4 is 4.90 Å². The Morgan fingerprint density at radius 2 is 2.00 bits per heavy atom. The fourth-order valence-electron chi connectivity index (χ4n) is 3.69. The third-order valence-electron chi connectivity index (χ3n) is 5.37. The number of aromatic nitrogens is 3. The van der Waals surface area contributed by atoms with Crippen molar-refractivity contribution in [1.82, 2.24) is 14.8 Å². The SMILES string of the molecule is Cc1nc(N2CC3C(C2)C3(F)F)ccc1C(O)c1cc(CO)n(C)n1. The topological polar surface area (TPSA) is 74.4 Å². The molecule has 2 aliphatic rings. The predicted molar refractivity (Wildman–Crippen MR) is 86.3 cm³/mol. The maximum absolute atomic E-state index is 13.3. The van der Waals surface area contributed by atoms with Gasteiger partial charge < -0.3 is 15.1 Å². The van der Waals surface area contributed by atoms with Crippen LogP contribution in [0.25, 0.3) is 0 Å². The van der Waals surface area contributed by atoms with Crippen LogP contribution in [0.5, 0.6) is 0 Å². The summed E-state index contributed by atoms with van der Waals surface area (Å²) < 4.78 is 28.2. The number of pyridine rings is 1. The Hall–Kier alpha value is -2.06. The molecule has 8 heteroatoms. The Morgan fingerprint density at radius 3 is 2.56 bits per heavy atom. The molecule has 2 fully saturated rings. The molecule has 3 atom stereocenters. The van der Waals surface area contributed by atoms with Crippen LogP contribution in [-0.4, -0.2) is 44.0 Å². The number of aryl methyl sites for hydroxylation is 2. The van der Waals surface area contributed by atoms with E-state index in [1.165, 1.54) is 4.68 Å². The van der Waals surface area contributed by atoms with Gasteiger partial charge in [0.1, 0.15) is 11.9 Å². The second kappa shape index (κ2) is 5.47. The monoisotopic (exact) mass is 350 g/mol. The average Bonchev–Trinajstić information content (AvgIpc) is 2.98. The van der Waals surface area contributed by atoms with Crippen molar-refractivity contribution in [3.8, 4) is 0 Å². The lowest BCUT2D eigenvalue weighted by Gasteiger charge is -2.22. The van der Waals surface area contributed by atoms with Gasteiger partial charge in [-0.2, -0.15) is 5.10 Å². The van der Waals surface area contributed by atoms with Gasteiger partial charge in [0.25, 0.3) is 5.92 Å². The molecule has 3 unspecified atom stereocenters. The highest BCUT2D eigenvalue weighted by Gasteiger charge is 2.71. The van der Waals surface area contributed by atoms with Gasteiger partial charge in [0, 0.05) is 31.4 Å². The molecule has 1 aliphatic carbocycles. The van der Waals surface area contributed by atoms with Crippen LogP contribution in [0.4, 0.5) is 14.6 Å². The van der Waals surface area contributed by atoms with Gasteiger partial charge in [-0.15, -0.1) is 0 Å². The summed E-state index contributed by atoms with van der Waals surface area (Å²) >= 11 is 0. The van der Waals surface area contributed by atoms with E-state index in [1.807, 2.05) is 4.90 Å². The lowest BCUT2D eigenvalue weighted by atomic mass is 10.0. The van der Waals surface area contributed by atoms with Crippen LogP contribution >= 0.6 is 0 Å². The number of halogens is 2. The summed E-state index contributed by atoms with van der Waals surface area (Å²) in [5, 5.41) is 24.0. The van der Waals surface area contributed by atoms with Crippen LogP contribution in [0, 0.1) is 18.8 Å². The fraction of sp³-hybridized carbons (Fsp3) is 0.529. The fourth-order valence-corrected chi connectivity index (χ4v) is 3.69. The van der Waals surface area contributed by atoms with Crippen molar-refractivity contribution in [3.63, 3.8) is 0 Å². The van der Waals surface area contributed by atoms with Crippen molar-refractivity contribution in [2.75, 3.05) is 18.0 Å². The maximum Gasteiger partial charge on any atom is 0.258 e. The number of nitrogens with zero attached hydrogens (tertiary/aromatic N) is 4. The van der Waals surface area contributed by atoms with Crippen molar-refractivity contribution in [2.45, 2.75) is 25.6 Å². The van der Waals surface area contributed by atoms with Gasteiger partial charge in [-0.1, -0.05) is 6.07 Å². The Kier molecular flexibility index (Phi) is 3.59. The van der Waals surface area contributed by atoms with E-state index >= 15 is 0 Å². The maximum atomic E-state index is 13.3. The van der Waals surface area contributed by atoms with Gasteiger partial charge >= 0.3 is 0 Å². The van der Waals surface area contributed by atoms with E-state index in [9.17, 15) is 19.0 Å². The lowest BCUT2D eigenvalue weighted by Crippen LogP contribution is -2.28. The quantitative estimate of drug-likeness (QED) is 0.872. The van der Waals surface area contributed by atoms with Crippen molar-refractivity contribution in [1.29, 1.82) is 0 Å². The summed E-state index contributed by atoms with van der Waals surface area (Å²) in [7, 11) is 1.70. The molecule has 0 bridgehead atoms. The molecule has 2 aromatic heterocycles.